The molecule has 6 heteroatoms. The topological polar surface area (TPSA) is 93.1 Å². The maximum absolute atomic E-state index is 11.4. The summed E-state index contributed by atoms with van der Waals surface area (Å²) in [6, 6.07) is 9.28. The fourth-order valence-corrected chi connectivity index (χ4v) is 2.54. The summed E-state index contributed by atoms with van der Waals surface area (Å²) in [6.07, 6.45) is -0.434. The quantitative estimate of drug-likeness (QED) is 0.823. The van der Waals surface area contributed by atoms with E-state index in [0.29, 0.717) is 6.42 Å². The molecule has 0 aliphatic carbocycles. The van der Waals surface area contributed by atoms with Gasteiger partial charge in [-0.1, -0.05) is 30.3 Å². The first kappa shape index (κ1) is 15.5. The van der Waals surface area contributed by atoms with Crippen molar-refractivity contribution in [1.82, 2.24) is 0 Å². The summed E-state index contributed by atoms with van der Waals surface area (Å²) < 4.78 is 10.2. The van der Waals surface area contributed by atoms with E-state index in [1.807, 2.05) is 30.3 Å². The number of ether oxygens (including phenoxy) is 2. The van der Waals surface area contributed by atoms with Crippen LogP contribution in [0.25, 0.3) is 0 Å². The van der Waals surface area contributed by atoms with Gasteiger partial charge in [0.25, 0.3) is 0 Å². The van der Waals surface area contributed by atoms with Crippen LogP contribution in [0.2, 0.25) is 0 Å². The highest BCUT2D eigenvalue weighted by molar-refractivity contribution is 5.73. The van der Waals surface area contributed by atoms with E-state index in [2.05, 4.69) is 0 Å². The van der Waals surface area contributed by atoms with Crippen molar-refractivity contribution in [3.05, 3.63) is 35.9 Å². The first-order chi connectivity index (χ1) is 10.1. The van der Waals surface area contributed by atoms with Gasteiger partial charge in [0.05, 0.1) is 12.5 Å². The lowest BCUT2D eigenvalue weighted by Gasteiger charge is -2.30. The van der Waals surface area contributed by atoms with Gasteiger partial charge in [-0.25, -0.2) is 4.79 Å². The average molecular weight is 294 g/mol. The van der Waals surface area contributed by atoms with E-state index in [-0.39, 0.29) is 19.8 Å². The Morgan fingerprint density at radius 2 is 1.95 bits per heavy atom. The number of aliphatic carboxylic acids is 2. The normalized spacial score (nSPS) is 23.4. The Hall–Kier alpha value is -1.92. The molecule has 0 saturated carbocycles. The molecular weight excluding hydrogens is 276 g/mol. The Bertz CT molecular complexity index is 486. The smallest absolute Gasteiger partial charge is 0.333 e. The molecule has 1 aliphatic rings. The molecule has 114 valence electrons. The van der Waals surface area contributed by atoms with Crippen molar-refractivity contribution >= 4 is 11.9 Å². The second-order valence-electron chi connectivity index (χ2n) is 5.13. The lowest BCUT2D eigenvalue weighted by molar-refractivity contribution is -0.196. The van der Waals surface area contributed by atoms with Crippen LogP contribution in [0.1, 0.15) is 12.0 Å². The highest BCUT2D eigenvalue weighted by Crippen LogP contribution is 2.25. The average Bonchev–Trinajstić information content (AvgIpc) is 2.48. The Morgan fingerprint density at radius 3 is 2.57 bits per heavy atom. The summed E-state index contributed by atoms with van der Waals surface area (Å²) in [5, 5.41) is 18.5. The van der Waals surface area contributed by atoms with E-state index in [9.17, 15) is 14.7 Å². The van der Waals surface area contributed by atoms with Crippen LogP contribution in [0.15, 0.2) is 30.3 Å². The fourth-order valence-electron chi connectivity index (χ4n) is 2.54. The molecule has 0 radical (unpaired) electrons. The maximum atomic E-state index is 11.4. The van der Waals surface area contributed by atoms with E-state index in [4.69, 9.17) is 14.6 Å². The molecule has 1 heterocycles. The largest absolute Gasteiger partial charge is 0.481 e. The van der Waals surface area contributed by atoms with Gasteiger partial charge in [0.15, 0.2) is 6.10 Å². The van der Waals surface area contributed by atoms with Crippen LogP contribution < -0.4 is 0 Å². The van der Waals surface area contributed by atoms with Crippen LogP contribution >= 0.6 is 0 Å². The molecule has 3 unspecified atom stereocenters. The molecule has 1 saturated heterocycles. The standard InChI is InChI=1S/C15H18O6/c16-14(17)11(6-10-4-2-1-3-5-10)7-12-8-20-9-21-13(12)15(18)19/h1-5,11-13H,6-9H2,(H,16,17)(H,18,19). The van der Waals surface area contributed by atoms with E-state index < -0.39 is 29.9 Å². The number of carboxylic acid groups (broad SMARTS) is 2. The molecule has 0 spiro atoms. The molecule has 1 aliphatic heterocycles. The zero-order chi connectivity index (χ0) is 15.2. The van der Waals surface area contributed by atoms with Crippen LogP contribution in [0.5, 0.6) is 0 Å². The van der Waals surface area contributed by atoms with Crippen LogP contribution in [0.3, 0.4) is 0 Å². The predicted octanol–water partition coefficient (Wildman–Crippen LogP) is 1.39. The molecule has 2 N–H and O–H groups in total. The Morgan fingerprint density at radius 1 is 1.24 bits per heavy atom. The van der Waals surface area contributed by atoms with Crippen LogP contribution in [0, 0.1) is 11.8 Å². The summed E-state index contributed by atoms with van der Waals surface area (Å²) in [6.45, 7) is 0.138. The van der Waals surface area contributed by atoms with Crippen LogP contribution in [0.4, 0.5) is 0 Å². The molecule has 2 rings (SSSR count). The Kier molecular flexibility index (Phi) is 5.30. The number of hydrogen-bond acceptors (Lipinski definition) is 4. The minimum absolute atomic E-state index is 0.0656. The Balaban J connectivity index is 2.05. The predicted molar refractivity (Wildman–Crippen MR) is 72.7 cm³/mol. The van der Waals surface area contributed by atoms with E-state index in [0.717, 1.165) is 5.56 Å². The third-order valence-electron chi connectivity index (χ3n) is 3.60. The van der Waals surface area contributed by atoms with Crippen molar-refractivity contribution in [1.29, 1.82) is 0 Å². The summed E-state index contributed by atoms with van der Waals surface area (Å²) >= 11 is 0. The molecule has 1 fully saturated rings. The third-order valence-corrected chi connectivity index (χ3v) is 3.60. The monoisotopic (exact) mass is 294 g/mol. The van der Waals surface area contributed by atoms with Crippen LogP contribution in [-0.4, -0.2) is 41.7 Å². The minimum atomic E-state index is -1.08. The molecule has 0 amide bonds. The van der Waals surface area contributed by atoms with Gasteiger partial charge >= 0.3 is 11.9 Å². The van der Waals surface area contributed by atoms with Gasteiger partial charge in [0, 0.05) is 5.92 Å². The molecule has 3 atom stereocenters. The minimum Gasteiger partial charge on any atom is -0.481 e. The number of carboxylic acids is 2. The molecule has 6 nitrogen and oxygen atoms in total. The van der Waals surface area contributed by atoms with Crippen molar-refractivity contribution in [3.63, 3.8) is 0 Å². The van der Waals surface area contributed by atoms with Crippen molar-refractivity contribution in [2.45, 2.75) is 18.9 Å². The van der Waals surface area contributed by atoms with Gasteiger partial charge in [0.1, 0.15) is 6.79 Å². The maximum Gasteiger partial charge on any atom is 0.333 e. The zero-order valence-electron chi connectivity index (χ0n) is 11.5. The highest BCUT2D eigenvalue weighted by Gasteiger charge is 2.36. The summed E-state index contributed by atoms with van der Waals surface area (Å²) in [4.78, 5) is 22.6. The summed E-state index contributed by atoms with van der Waals surface area (Å²) in [7, 11) is 0. The molecule has 1 aromatic rings. The van der Waals surface area contributed by atoms with E-state index in [1.54, 1.807) is 0 Å². The number of benzene rings is 1. The van der Waals surface area contributed by atoms with Gasteiger partial charge < -0.3 is 19.7 Å². The van der Waals surface area contributed by atoms with Gasteiger partial charge in [0.2, 0.25) is 0 Å². The second-order valence-corrected chi connectivity index (χ2v) is 5.13. The molecule has 1 aromatic carbocycles. The van der Waals surface area contributed by atoms with Crippen molar-refractivity contribution in [2.24, 2.45) is 11.8 Å². The SMILES string of the molecule is O=C(O)C(Cc1ccccc1)CC1COCOC1C(=O)O. The van der Waals surface area contributed by atoms with Gasteiger partial charge in [-0.2, -0.15) is 0 Å². The lowest BCUT2D eigenvalue weighted by Crippen LogP contribution is -2.41. The van der Waals surface area contributed by atoms with Gasteiger partial charge in [-0.05, 0) is 18.4 Å². The zero-order valence-corrected chi connectivity index (χ0v) is 11.5. The lowest BCUT2D eigenvalue weighted by atomic mass is 9.86. The summed E-state index contributed by atoms with van der Waals surface area (Å²) in [5.74, 6) is -3.13. The summed E-state index contributed by atoms with van der Waals surface area (Å²) in [5.41, 5.74) is 0.912. The second kappa shape index (κ2) is 7.19. The number of hydrogen-bond donors (Lipinski definition) is 2. The number of rotatable bonds is 6. The van der Waals surface area contributed by atoms with Crippen molar-refractivity contribution in [2.75, 3.05) is 13.4 Å². The van der Waals surface area contributed by atoms with E-state index in [1.165, 1.54) is 0 Å². The molecular formula is C15H18O6. The third kappa shape index (κ3) is 4.27. The first-order valence-electron chi connectivity index (χ1n) is 6.77. The Labute approximate surface area is 122 Å². The van der Waals surface area contributed by atoms with Crippen LogP contribution in [-0.2, 0) is 25.5 Å². The van der Waals surface area contributed by atoms with Crippen molar-refractivity contribution < 1.29 is 29.3 Å². The van der Waals surface area contributed by atoms with Gasteiger partial charge in [-0.3, -0.25) is 4.79 Å². The van der Waals surface area contributed by atoms with E-state index >= 15 is 0 Å². The first-order valence-corrected chi connectivity index (χ1v) is 6.77. The van der Waals surface area contributed by atoms with Gasteiger partial charge in [-0.15, -0.1) is 0 Å². The fraction of sp³-hybridized carbons (Fsp3) is 0.467. The number of carbonyl (C=O) groups is 2. The molecule has 0 bridgehead atoms. The molecule has 21 heavy (non-hydrogen) atoms. The molecule has 0 aromatic heterocycles. The highest BCUT2D eigenvalue weighted by atomic mass is 16.7. The van der Waals surface area contributed by atoms with Crippen molar-refractivity contribution in [3.8, 4) is 0 Å².